The second-order valence-electron chi connectivity index (χ2n) is 5.69. The molecule has 1 N–H and O–H groups in total. The van der Waals surface area contributed by atoms with E-state index >= 15 is 0 Å². The molecule has 21 heavy (non-hydrogen) atoms. The zero-order chi connectivity index (χ0) is 16.4. The molecule has 0 aliphatic heterocycles. The predicted molar refractivity (Wildman–Crippen MR) is 87.4 cm³/mol. The number of unbranched alkanes of at least 4 members (excludes halogenated alkanes) is 3. The Hall–Kier alpha value is -0.403. The summed E-state index contributed by atoms with van der Waals surface area (Å²) in [6, 6.07) is 2.67. The van der Waals surface area contributed by atoms with Crippen LogP contribution in [0.25, 0.3) is 0 Å². The van der Waals surface area contributed by atoms with E-state index in [-0.39, 0.29) is 0 Å². The lowest BCUT2D eigenvalue weighted by atomic mass is 10.4. The smallest absolute Gasteiger partial charge is 0.310 e. The van der Waals surface area contributed by atoms with Crippen molar-refractivity contribution in [3.8, 4) is 0 Å². The second-order valence-corrected chi connectivity index (χ2v) is 11.2. The van der Waals surface area contributed by atoms with Crippen LogP contribution in [-0.2, 0) is 19.3 Å². The summed E-state index contributed by atoms with van der Waals surface area (Å²) in [5.41, 5.74) is 0. The molecule has 0 aromatic heterocycles. The minimum absolute atomic E-state index is 0.785. The number of hydrogen-bond donors (Lipinski definition) is 1. The number of rotatable bonds is 12. The average Bonchev–Trinajstić information content (AvgIpc) is 2.38. The number of carbonyl (C=O) groups is 1. The van der Waals surface area contributed by atoms with Gasteiger partial charge in [-0.15, -0.1) is 0 Å². The van der Waals surface area contributed by atoms with Crippen LogP contribution in [-0.4, -0.2) is 33.0 Å². The molecule has 0 aliphatic rings. The zero-order valence-corrected chi connectivity index (χ0v) is 15.4. The van der Waals surface area contributed by atoms with Gasteiger partial charge in [0.1, 0.15) is 0 Å². The summed E-state index contributed by atoms with van der Waals surface area (Å²) in [6.45, 7) is 6.29. The SMILES string of the molecule is CCCC[Si](CCCC)(CCCC)OC(=O)CS(=O)(=O)O. The highest BCUT2D eigenvalue weighted by molar-refractivity contribution is 7.86. The molecule has 0 saturated carbocycles. The van der Waals surface area contributed by atoms with E-state index in [0.29, 0.717) is 0 Å². The molecule has 5 nitrogen and oxygen atoms in total. The molecule has 0 spiro atoms. The first-order valence-electron chi connectivity index (χ1n) is 7.95. The Bertz CT molecular complexity index is 372. The molecule has 0 aromatic rings. The van der Waals surface area contributed by atoms with Crippen LogP contribution in [0.2, 0.25) is 18.1 Å². The minimum Gasteiger partial charge on any atom is -0.518 e. The summed E-state index contributed by atoms with van der Waals surface area (Å²) in [4.78, 5) is 11.8. The topological polar surface area (TPSA) is 80.7 Å². The fourth-order valence-corrected chi connectivity index (χ4v) is 7.51. The van der Waals surface area contributed by atoms with Gasteiger partial charge < -0.3 is 4.43 Å². The van der Waals surface area contributed by atoms with Crippen molar-refractivity contribution < 1.29 is 22.2 Å². The number of hydrogen-bond acceptors (Lipinski definition) is 4. The molecule has 0 aliphatic carbocycles. The van der Waals surface area contributed by atoms with E-state index in [9.17, 15) is 13.2 Å². The van der Waals surface area contributed by atoms with Gasteiger partial charge in [0, 0.05) is 0 Å². The summed E-state index contributed by atoms with van der Waals surface area (Å²) in [6.07, 6.45) is 6.09. The molecular weight excluding hydrogens is 308 g/mol. The van der Waals surface area contributed by atoms with Crippen molar-refractivity contribution in [1.29, 1.82) is 0 Å². The van der Waals surface area contributed by atoms with E-state index in [1.165, 1.54) is 0 Å². The van der Waals surface area contributed by atoms with Crippen molar-refractivity contribution >= 4 is 24.4 Å². The van der Waals surface area contributed by atoms with Crippen molar-refractivity contribution in [1.82, 2.24) is 0 Å². The highest BCUT2D eigenvalue weighted by Gasteiger charge is 2.37. The largest absolute Gasteiger partial charge is 0.518 e. The molecule has 0 saturated heterocycles. The van der Waals surface area contributed by atoms with Gasteiger partial charge in [-0.1, -0.05) is 59.3 Å². The fraction of sp³-hybridized carbons (Fsp3) is 0.929. The summed E-state index contributed by atoms with van der Waals surface area (Å²) >= 11 is 0. The molecule has 0 bridgehead atoms. The summed E-state index contributed by atoms with van der Waals surface area (Å²) in [5, 5.41) is 0. The van der Waals surface area contributed by atoms with Crippen LogP contribution in [0.1, 0.15) is 59.3 Å². The quantitative estimate of drug-likeness (QED) is 0.433. The minimum atomic E-state index is -4.31. The molecule has 0 unspecified atom stereocenters. The van der Waals surface area contributed by atoms with E-state index < -0.39 is 30.2 Å². The van der Waals surface area contributed by atoms with E-state index in [4.69, 9.17) is 8.98 Å². The average molecular weight is 339 g/mol. The van der Waals surface area contributed by atoms with Crippen LogP contribution in [0.3, 0.4) is 0 Å². The van der Waals surface area contributed by atoms with Crippen LogP contribution >= 0.6 is 0 Å². The Morgan fingerprint density at radius 1 is 0.952 bits per heavy atom. The van der Waals surface area contributed by atoms with Gasteiger partial charge in [-0.05, 0) is 18.1 Å². The predicted octanol–water partition coefficient (Wildman–Crippen LogP) is 3.76. The van der Waals surface area contributed by atoms with Gasteiger partial charge in [-0.25, -0.2) is 0 Å². The third-order valence-electron chi connectivity index (χ3n) is 3.59. The molecule has 0 amide bonds. The standard InChI is InChI=1S/C14H30O5SSi/c1-4-7-10-21(11-8-5-2,12-9-6-3)19-14(15)13-20(16,17)18/h4-13H2,1-3H3,(H,16,17,18). The maximum Gasteiger partial charge on any atom is 0.310 e. The van der Waals surface area contributed by atoms with Gasteiger partial charge in [0.2, 0.25) is 0 Å². The lowest BCUT2D eigenvalue weighted by molar-refractivity contribution is -0.132. The van der Waals surface area contributed by atoms with E-state index in [1.807, 2.05) is 0 Å². The lowest BCUT2D eigenvalue weighted by Gasteiger charge is -2.31. The molecule has 0 heterocycles. The van der Waals surface area contributed by atoms with Crippen molar-refractivity contribution in [3.05, 3.63) is 0 Å². The molecule has 0 atom stereocenters. The van der Waals surface area contributed by atoms with Gasteiger partial charge in [-0.3, -0.25) is 9.35 Å². The Labute approximate surface area is 130 Å². The van der Waals surface area contributed by atoms with E-state index in [0.717, 1.165) is 56.7 Å². The Kier molecular flexibility index (Phi) is 10.1. The molecule has 0 radical (unpaired) electrons. The van der Waals surface area contributed by atoms with Crippen molar-refractivity contribution in [2.75, 3.05) is 5.75 Å². The third kappa shape index (κ3) is 10.0. The van der Waals surface area contributed by atoms with Crippen LogP contribution in [0.4, 0.5) is 0 Å². The van der Waals surface area contributed by atoms with Gasteiger partial charge in [0.25, 0.3) is 18.4 Å². The second kappa shape index (κ2) is 10.3. The molecule has 0 aromatic carbocycles. The Morgan fingerprint density at radius 2 is 1.33 bits per heavy atom. The first-order valence-corrected chi connectivity index (χ1v) is 12.1. The summed E-state index contributed by atoms with van der Waals surface area (Å²) in [7, 11) is -6.56. The third-order valence-corrected chi connectivity index (χ3v) is 8.64. The maximum absolute atomic E-state index is 11.8. The summed E-state index contributed by atoms with van der Waals surface area (Å²) in [5.74, 6) is -1.71. The highest BCUT2D eigenvalue weighted by atomic mass is 32.2. The van der Waals surface area contributed by atoms with Gasteiger partial charge in [-0.2, -0.15) is 8.42 Å². The monoisotopic (exact) mass is 338 g/mol. The van der Waals surface area contributed by atoms with Crippen molar-refractivity contribution in [2.45, 2.75) is 77.4 Å². The van der Waals surface area contributed by atoms with Gasteiger partial charge in [0.05, 0.1) is 0 Å². The maximum atomic E-state index is 11.8. The van der Waals surface area contributed by atoms with Crippen LogP contribution in [0.15, 0.2) is 0 Å². The lowest BCUT2D eigenvalue weighted by Crippen LogP contribution is -2.41. The normalized spacial score (nSPS) is 12.4. The zero-order valence-electron chi connectivity index (χ0n) is 13.6. The first kappa shape index (κ1) is 20.6. The Morgan fingerprint density at radius 3 is 1.62 bits per heavy atom. The first-order chi connectivity index (χ1) is 9.78. The van der Waals surface area contributed by atoms with Crippen molar-refractivity contribution in [3.63, 3.8) is 0 Å². The molecule has 7 heteroatoms. The fourth-order valence-electron chi connectivity index (χ4n) is 2.44. The molecule has 0 fully saturated rings. The molecule has 0 rings (SSSR count). The van der Waals surface area contributed by atoms with Crippen LogP contribution in [0.5, 0.6) is 0 Å². The summed E-state index contributed by atoms with van der Waals surface area (Å²) < 4.78 is 36.2. The van der Waals surface area contributed by atoms with Crippen LogP contribution in [0, 0.1) is 0 Å². The van der Waals surface area contributed by atoms with E-state index in [2.05, 4.69) is 20.8 Å². The molecule has 126 valence electrons. The molecular formula is C14H30O5SSi. The van der Waals surface area contributed by atoms with E-state index in [1.54, 1.807) is 0 Å². The van der Waals surface area contributed by atoms with Gasteiger partial charge in [0.15, 0.2) is 5.75 Å². The number of carbonyl (C=O) groups excluding carboxylic acids is 1. The van der Waals surface area contributed by atoms with Gasteiger partial charge >= 0.3 is 5.97 Å². The van der Waals surface area contributed by atoms with Crippen LogP contribution < -0.4 is 0 Å². The van der Waals surface area contributed by atoms with Crippen molar-refractivity contribution in [2.24, 2.45) is 0 Å². The highest BCUT2D eigenvalue weighted by Crippen LogP contribution is 2.29. The Balaban J connectivity index is 4.96.